The second kappa shape index (κ2) is 12.6. The first-order valence-corrected chi connectivity index (χ1v) is 9.27. The van der Waals surface area contributed by atoms with Crippen molar-refractivity contribution in [1.29, 1.82) is 0 Å². The Labute approximate surface area is 157 Å². The molecule has 2 N–H and O–H groups in total. The van der Waals surface area contributed by atoms with Gasteiger partial charge in [0.1, 0.15) is 0 Å². The van der Waals surface area contributed by atoms with Gasteiger partial charge in [0.15, 0.2) is 0 Å². The van der Waals surface area contributed by atoms with Crippen LogP contribution in [0.2, 0.25) is 0 Å². The number of nitrogens with zero attached hydrogens (tertiary/aromatic N) is 2. The van der Waals surface area contributed by atoms with E-state index in [1.807, 2.05) is 11.8 Å². The summed E-state index contributed by atoms with van der Waals surface area (Å²) in [6.07, 6.45) is 3.10. The highest BCUT2D eigenvalue weighted by molar-refractivity contribution is 7.99. The van der Waals surface area contributed by atoms with E-state index in [9.17, 15) is 4.79 Å². The molecule has 2 aliphatic rings. The quantitative estimate of drug-likeness (QED) is 0.714. The molecule has 0 spiro atoms. The van der Waals surface area contributed by atoms with E-state index in [4.69, 9.17) is 0 Å². The van der Waals surface area contributed by atoms with Gasteiger partial charge in [-0.3, -0.25) is 4.79 Å². The van der Waals surface area contributed by atoms with Crippen molar-refractivity contribution in [2.45, 2.75) is 31.3 Å². The molecule has 138 valence electrons. The number of carbonyl (C=O) groups excluding carboxylic acids is 1. The average Bonchev–Trinajstić information content (AvgIpc) is 2.49. The minimum Gasteiger partial charge on any atom is -0.355 e. The largest absolute Gasteiger partial charge is 0.355 e. The lowest BCUT2D eigenvalue weighted by Gasteiger charge is -2.35. The summed E-state index contributed by atoms with van der Waals surface area (Å²) in [4.78, 5) is 16.7. The van der Waals surface area contributed by atoms with Gasteiger partial charge in [-0.05, 0) is 40.0 Å². The second-order valence-corrected chi connectivity index (χ2v) is 7.47. The summed E-state index contributed by atoms with van der Waals surface area (Å²) >= 11 is 1.94. The predicted molar refractivity (Wildman–Crippen MR) is 104 cm³/mol. The lowest BCUT2D eigenvalue weighted by atomic mass is 10.0. The molecule has 5 nitrogen and oxygen atoms in total. The van der Waals surface area contributed by atoms with Gasteiger partial charge >= 0.3 is 0 Å². The van der Waals surface area contributed by atoms with Crippen LogP contribution in [0.1, 0.15) is 19.3 Å². The number of piperidine rings is 1. The number of halogens is 2. The van der Waals surface area contributed by atoms with Crippen LogP contribution < -0.4 is 10.6 Å². The number of amides is 1. The minimum atomic E-state index is 0. The van der Waals surface area contributed by atoms with Crippen molar-refractivity contribution in [2.75, 3.05) is 58.3 Å². The summed E-state index contributed by atoms with van der Waals surface area (Å²) in [5, 5.41) is 6.48. The van der Waals surface area contributed by atoms with Gasteiger partial charge in [-0.2, -0.15) is 11.8 Å². The molecular formula is C15H32Cl2N4OS. The number of carbonyl (C=O) groups is 1. The van der Waals surface area contributed by atoms with Crippen molar-refractivity contribution < 1.29 is 4.79 Å². The summed E-state index contributed by atoms with van der Waals surface area (Å²) in [5.74, 6) is 2.42. The molecule has 2 saturated heterocycles. The highest BCUT2D eigenvalue weighted by Gasteiger charge is 2.20. The third-order valence-corrected chi connectivity index (χ3v) is 5.60. The van der Waals surface area contributed by atoms with Crippen LogP contribution in [-0.4, -0.2) is 86.1 Å². The molecule has 2 heterocycles. The predicted octanol–water partition coefficient (Wildman–Crippen LogP) is 1.07. The Balaban J connectivity index is 0.00000242. The Morgan fingerprint density at radius 2 is 2.00 bits per heavy atom. The van der Waals surface area contributed by atoms with Crippen LogP contribution in [0.25, 0.3) is 0 Å². The normalized spacial score (nSPS) is 23.0. The number of hydrogen-bond donors (Lipinski definition) is 2. The molecule has 0 aromatic rings. The Morgan fingerprint density at radius 3 is 2.57 bits per heavy atom. The highest BCUT2D eigenvalue weighted by atomic mass is 35.5. The first-order chi connectivity index (χ1) is 10.1. The Bertz CT molecular complexity index is 323. The molecule has 0 saturated carbocycles. The van der Waals surface area contributed by atoms with Crippen molar-refractivity contribution in [3.8, 4) is 0 Å². The van der Waals surface area contributed by atoms with Crippen LogP contribution in [-0.2, 0) is 4.79 Å². The van der Waals surface area contributed by atoms with E-state index in [1.54, 1.807) is 0 Å². The van der Waals surface area contributed by atoms with Crippen molar-refractivity contribution in [3.05, 3.63) is 0 Å². The first kappa shape index (κ1) is 23.3. The summed E-state index contributed by atoms with van der Waals surface area (Å²) < 4.78 is 0. The maximum Gasteiger partial charge on any atom is 0.221 e. The molecule has 2 fully saturated rings. The zero-order valence-corrected chi connectivity index (χ0v) is 16.7. The van der Waals surface area contributed by atoms with Gasteiger partial charge in [0.2, 0.25) is 5.91 Å². The number of nitrogens with one attached hydrogen (secondary N) is 2. The molecule has 1 atom stereocenters. The molecule has 1 amide bonds. The van der Waals surface area contributed by atoms with Crippen molar-refractivity contribution in [1.82, 2.24) is 20.4 Å². The third-order valence-electron chi connectivity index (χ3n) is 4.47. The molecule has 0 aromatic carbocycles. The molecule has 23 heavy (non-hydrogen) atoms. The van der Waals surface area contributed by atoms with E-state index in [2.05, 4.69) is 34.5 Å². The van der Waals surface area contributed by atoms with Crippen LogP contribution in [0.15, 0.2) is 0 Å². The van der Waals surface area contributed by atoms with E-state index in [-0.39, 0.29) is 30.7 Å². The van der Waals surface area contributed by atoms with Crippen LogP contribution >= 0.6 is 36.6 Å². The Hall–Kier alpha value is 0.280. The van der Waals surface area contributed by atoms with Crippen LogP contribution in [0.4, 0.5) is 0 Å². The first-order valence-electron chi connectivity index (χ1n) is 8.12. The summed E-state index contributed by atoms with van der Waals surface area (Å²) in [5.41, 5.74) is 0. The Kier molecular flexibility index (Phi) is 12.8. The molecule has 1 unspecified atom stereocenters. The zero-order valence-electron chi connectivity index (χ0n) is 14.3. The van der Waals surface area contributed by atoms with Crippen LogP contribution in [0, 0.1) is 0 Å². The maximum absolute atomic E-state index is 11.9. The molecule has 0 radical (unpaired) electrons. The fraction of sp³-hybridized carbons (Fsp3) is 0.933. The van der Waals surface area contributed by atoms with Gasteiger partial charge in [-0.15, -0.1) is 24.8 Å². The van der Waals surface area contributed by atoms with Gasteiger partial charge in [0.05, 0.1) is 0 Å². The summed E-state index contributed by atoms with van der Waals surface area (Å²) in [6, 6.07) is 1.09. The molecule has 0 bridgehead atoms. The van der Waals surface area contributed by atoms with E-state index in [0.717, 1.165) is 44.5 Å². The van der Waals surface area contributed by atoms with E-state index in [1.165, 1.54) is 18.6 Å². The smallest absolute Gasteiger partial charge is 0.221 e. The molecular weight excluding hydrogens is 355 g/mol. The molecule has 0 aliphatic carbocycles. The minimum absolute atomic E-state index is 0. The molecule has 8 heteroatoms. The fourth-order valence-electron chi connectivity index (χ4n) is 3.06. The summed E-state index contributed by atoms with van der Waals surface area (Å²) in [6.45, 7) is 5.10. The topological polar surface area (TPSA) is 47.6 Å². The zero-order chi connectivity index (χ0) is 15.1. The lowest BCUT2D eigenvalue weighted by molar-refractivity contribution is -0.121. The van der Waals surface area contributed by atoms with Gasteiger partial charge in [0.25, 0.3) is 0 Å². The standard InChI is InChI=1S/C15H30N4OS.2ClH/c1-18(2)14-3-7-19(8-4-14)9-5-17-15(20)11-13-12-21-10-6-16-13;;/h13-14,16H,3-12H2,1-2H3,(H,17,20);2*1H. The number of thioether (sulfide) groups is 1. The lowest BCUT2D eigenvalue weighted by Crippen LogP contribution is -2.45. The summed E-state index contributed by atoms with van der Waals surface area (Å²) in [7, 11) is 4.33. The number of likely N-dealkylation sites (tertiary alicyclic amines) is 1. The highest BCUT2D eigenvalue weighted by Crippen LogP contribution is 2.13. The average molecular weight is 387 g/mol. The van der Waals surface area contributed by atoms with Gasteiger partial charge in [-0.1, -0.05) is 0 Å². The number of rotatable bonds is 6. The second-order valence-electron chi connectivity index (χ2n) is 6.32. The monoisotopic (exact) mass is 386 g/mol. The van der Waals surface area contributed by atoms with Crippen LogP contribution in [0.3, 0.4) is 0 Å². The maximum atomic E-state index is 11.9. The molecule has 2 rings (SSSR count). The van der Waals surface area contributed by atoms with Crippen molar-refractivity contribution in [3.63, 3.8) is 0 Å². The van der Waals surface area contributed by atoms with E-state index in [0.29, 0.717) is 12.5 Å². The fourth-order valence-corrected chi connectivity index (χ4v) is 4.01. The number of hydrogen-bond acceptors (Lipinski definition) is 5. The SMILES string of the molecule is CN(C)C1CCN(CCNC(=O)CC2CSCCN2)CC1.Cl.Cl. The third kappa shape index (κ3) is 8.79. The van der Waals surface area contributed by atoms with E-state index >= 15 is 0 Å². The van der Waals surface area contributed by atoms with Crippen molar-refractivity contribution in [2.24, 2.45) is 0 Å². The van der Waals surface area contributed by atoms with E-state index < -0.39 is 0 Å². The molecule has 0 aromatic heterocycles. The van der Waals surface area contributed by atoms with Gasteiger partial charge in [-0.25, -0.2) is 0 Å². The Morgan fingerprint density at radius 1 is 1.30 bits per heavy atom. The molecule has 2 aliphatic heterocycles. The van der Waals surface area contributed by atoms with Gasteiger partial charge in [0, 0.05) is 49.6 Å². The van der Waals surface area contributed by atoms with Crippen molar-refractivity contribution >= 4 is 42.5 Å². The van der Waals surface area contributed by atoms with Gasteiger partial charge < -0.3 is 20.4 Å². The van der Waals surface area contributed by atoms with Crippen LogP contribution in [0.5, 0.6) is 0 Å².